The zero-order valence-corrected chi connectivity index (χ0v) is 14.2. The SMILES string of the molecule is CCOC(=O)CC/C=C/c1ccc(C)cc1[C@@H](C)OC[C@H]1CO1. The van der Waals surface area contributed by atoms with Gasteiger partial charge in [0.15, 0.2) is 0 Å². The number of carbonyl (C=O) groups is 1. The summed E-state index contributed by atoms with van der Waals surface area (Å²) in [5, 5.41) is 0. The molecule has 0 aliphatic carbocycles. The Morgan fingerprint density at radius 2 is 2.26 bits per heavy atom. The molecule has 0 N–H and O–H groups in total. The van der Waals surface area contributed by atoms with Crippen LogP contribution in [0.3, 0.4) is 0 Å². The van der Waals surface area contributed by atoms with Crippen molar-refractivity contribution in [3.05, 3.63) is 41.0 Å². The summed E-state index contributed by atoms with van der Waals surface area (Å²) in [5.41, 5.74) is 3.50. The molecule has 1 aromatic rings. The van der Waals surface area contributed by atoms with Crippen LogP contribution in [-0.4, -0.2) is 31.9 Å². The fraction of sp³-hybridized carbons (Fsp3) is 0.526. The molecule has 126 valence electrons. The zero-order chi connectivity index (χ0) is 16.7. The van der Waals surface area contributed by atoms with Crippen LogP contribution in [0.5, 0.6) is 0 Å². The number of carbonyl (C=O) groups excluding carboxylic acids is 1. The maximum Gasteiger partial charge on any atom is 0.306 e. The van der Waals surface area contributed by atoms with E-state index < -0.39 is 0 Å². The van der Waals surface area contributed by atoms with Gasteiger partial charge in [-0.05, 0) is 38.3 Å². The first-order valence-corrected chi connectivity index (χ1v) is 8.26. The van der Waals surface area contributed by atoms with Crippen molar-refractivity contribution in [1.29, 1.82) is 0 Å². The molecular formula is C19H26O4. The number of hydrogen-bond donors (Lipinski definition) is 0. The van der Waals surface area contributed by atoms with Crippen molar-refractivity contribution in [3.63, 3.8) is 0 Å². The number of aryl methyl sites for hydroxylation is 1. The van der Waals surface area contributed by atoms with Crippen molar-refractivity contribution >= 4 is 12.0 Å². The second kappa shape index (κ2) is 8.85. The van der Waals surface area contributed by atoms with E-state index in [1.165, 1.54) is 5.56 Å². The molecule has 0 saturated carbocycles. The van der Waals surface area contributed by atoms with Gasteiger partial charge in [0, 0.05) is 6.42 Å². The van der Waals surface area contributed by atoms with E-state index >= 15 is 0 Å². The Balaban J connectivity index is 1.95. The van der Waals surface area contributed by atoms with Crippen LogP contribution in [-0.2, 0) is 19.0 Å². The first-order valence-electron chi connectivity index (χ1n) is 8.26. The summed E-state index contributed by atoms with van der Waals surface area (Å²) in [7, 11) is 0. The van der Waals surface area contributed by atoms with E-state index in [-0.39, 0.29) is 18.2 Å². The lowest BCUT2D eigenvalue weighted by Crippen LogP contribution is -2.07. The van der Waals surface area contributed by atoms with Crippen molar-refractivity contribution in [2.75, 3.05) is 19.8 Å². The highest BCUT2D eigenvalue weighted by Gasteiger charge is 2.24. The molecular weight excluding hydrogens is 292 g/mol. The van der Waals surface area contributed by atoms with Crippen LogP contribution in [0.2, 0.25) is 0 Å². The molecule has 2 rings (SSSR count). The number of esters is 1. The van der Waals surface area contributed by atoms with E-state index in [2.05, 4.69) is 38.1 Å². The van der Waals surface area contributed by atoms with E-state index in [1.54, 1.807) is 0 Å². The molecule has 1 aliphatic rings. The predicted molar refractivity (Wildman–Crippen MR) is 90.2 cm³/mol. The highest BCUT2D eigenvalue weighted by atomic mass is 16.6. The van der Waals surface area contributed by atoms with Crippen molar-refractivity contribution < 1.29 is 19.0 Å². The Bertz CT molecular complexity index is 546. The Hall–Kier alpha value is -1.65. The maximum atomic E-state index is 11.3. The number of epoxide rings is 1. The van der Waals surface area contributed by atoms with E-state index in [0.717, 1.165) is 17.7 Å². The largest absolute Gasteiger partial charge is 0.466 e. The van der Waals surface area contributed by atoms with Gasteiger partial charge in [-0.2, -0.15) is 0 Å². The van der Waals surface area contributed by atoms with Crippen LogP contribution in [0.4, 0.5) is 0 Å². The molecule has 0 aromatic heterocycles. The molecule has 0 amide bonds. The number of allylic oxidation sites excluding steroid dienone is 1. The number of ether oxygens (including phenoxy) is 3. The van der Waals surface area contributed by atoms with Gasteiger partial charge >= 0.3 is 5.97 Å². The topological polar surface area (TPSA) is 48.1 Å². The van der Waals surface area contributed by atoms with Gasteiger partial charge in [-0.25, -0.2) is 0 Å². The quantitative estimate of drug-likeness (QED) is 0.513. The smallest absolute Gasteiger partial charge is 0.306 e. The zero-order valence-electron chi connectivity index (χ0n) is 14.2. The van der Waals surface area contributed by atoms with Crippen molar-refractivity contribution in [3.8, 4) is 0 Å². The Kier molecular flexibility index (Phi) is 6.81. The number of hydrogen-bond acceptors (Lipinski definition) is 4. The first-order chi connectivity index (χ1) is 11.1. The molecule has 0 unspecified atom stereocenters. The van der Waals surface area contributed by atoms with Crippen molar-refractivity contribution in [2.45, 2.75) is 45.8 Å². The molecule has 1 fully saturated rings. The summed E-state index contributed by atoms with van der Waals surface area (Å²) in [6.45, 7) is 7.84. The average Bonchev–Trinajstić information content (AvgIpc) is 3.35. The van der Waals surface area contributed by atoms with Crippen LogP contribution < -0.4 is 0 Å². The standard InChI is InChI=1S/C19H26O4/c1-4-21-19(20)8-6-5-7-16-10-9-14(2)11-18(16)15(3)22-12-17-13-23-17/h5,7,9-11,15,17H,4,6,8,12-13H2,1-3H3/b7-5+/t15-,17+/m1/s1. The highest BCUT2D eigenvalue weighted by Crippen LogP contribution is 2.25. The Labute approximate surface area is 138 Å². The minimum absolute atomic E-state index is 0.0174. The summed E-state index contributed by atoms with van der Waals surface area (Å²) < 4.78 is 16.0. The Morgan fingerprint density at radius 3 is 2.96 bits per heavy atom. The van der Waals surface area contributed by atoms with Crippen LogP contribution in [0, 0.1) is 6.92 Å². The molecule has 0 bridgehead atoms. The van der Waals surface area contributed by atoms with Crippen LogP contribution in [0.15, 0.2) is 24.3 Å². The molecule has 1 aromatic carbocycles. The molecule has 0 radical (unpaired) electrons. The molecule has 4 nitrogen and oxygen atoms in total. The van der Waals surface area contributed by atoms with E-state index in [9.17, 15) is 4.79 Å². The third-order valence-corrected chi connectivity index (χ3v) is 3.73. The molecule has 23 heavy (non-hydrogen) atoms. The van der Waals surface area contributed by atoms with Gasteiger partial charge < -0.3 is 14.2 Å². The summed E-state index contributed by atoms with van der Waals surface area (Å²) in [4.78, 5) is 11.3. The lowest BCUT2D eigenvalue weighted by atomic mass is 9.99. The van der Waals surface area contributed by atoms with E-state index in [1.807, 2.05) is 13.0 Å². The van der Waals surface area contributed by atoms with Gasteiger partial charge in [-0.3, -0.25) is 4.79 Å². The fourth-order valence-electron chi connectivity index (χ4n) is 2.35. The highest BCUT2D eigenvalue weighted by molar-refractivity contribution is 5.69. The van der Waals surface area contributed by atoms with Crippen LogP contribution in [0.25, 0.3) is 6.08 Å². The summed E-state index contributed by atoms with van der Waals surface area (Å²) in [5.74, 6) is -0.151. The second-order valence-corrected chi connectivity index (χ2v) is 5.81. The second-order valence-electron chi connectivity index (χ2n) is 5.81. The molecule has 1 saturated heterocycles. The minimum atomic E-state index is -0.151. The van der Waals surface area contributed by atoms with Gasteiger partial charge in [0.2, 0.25) is 0 Å². The van der Waals surface area contributed by atoms with Gasteiger partial charge in [0.05, 0.1) is 25.9 Å². The average molecular weight is 318 g/mol. The van der Waals surface area contributed by atoms with Crippen molar-refractivity contribution in [1.82, 2.24) is 0 Å². The molecule has 2 atom stereocenters. The molecule has 1 heterocycles. The first kappa shape index (κ1) is 17.7. The lowest BCUT2D eigenvalue weighted by molar-refractivity contribution is -0.142. The summed E-state index contributed by atoms with van der Waals surface area (Å²) in [6, 6.07) is 6.34. The van der Waals surface area contributed by atoms with Gasteiger partial charge in [0.1, 0.15) is 6.10 Å². The number of rotatable bonds is 9. The minimum Gasteiger partial charge on any atom is -0.466 e. The summed E-state index contributed by atoms with van der Waals surface area (Å²) in [6.07, 6.45) is 5.45. The predicted octanol–water partition coefficient (Wildman–Crippen LogP) is 3.83. The number of benzene rings is 1. The lowest BCUT2D eigenvalue weighted by Gasteiger charge is -2.16. The van der Waals surface area contributed by atoms with Gasteiger partial charge in [-0.1, -0.05) is 35.9 Å². The third kappa shape index (κ3) is 6.16. The fourth-order valence-corrected chi connectivity index (χ4v) is 2.35. The van der Waals surface area contributed by atoms with Gasteiger partial charge in [0.25, 0.3) is 0 Å². The van der Waals surface area contributed by atoms with Crippen LogP contribution in [0.1, 0.15) is 49.5 Å². The van der Waals surface area contributed by atoms with E-state index in [4.69, 9.17) is 14.2 Å². The Morgan fingerprint density at radius 1 is 1.48 bits per heavy atom. The normalized spacial score (nSPS) is 18.1. The monoisotopic (exact) mass is 318 g/mol. The molecule has 0 spiro atoms. The maximum absolute atomic E-state index is 11.3. The third-order valence-electron chi connectivity index (χ3n) is 3.73. The van der Waals surface area contributed by atoms with Crippen molar-refractivity contribution in [2.24, 2.45) is 0 Å². The van der Waals surface area contributed by atoms with E-state index in [0.29, 0.717) is 26.1 Å². The van der Waals surface area contributed by atoms with Crippen LogP contribution >= 0.6 is 0 Å². The molecule has 4 heteroatoms. The van der Waals surface area contributed by atoms with Gasteiger partial charge in [-0.15, -0.1) is 0 Å². The summed E-state index contributed by atoms with van der Waals surface area (Å²) >= 11 is 0. The molecule has 1 aliphatic heterocycles.